The molecule has 0 fully saturated rings. The summed E-state index contributed by atoms with van der Waals surface area (Å²) in [6.45, 7) is 8.27. The second kappa shape index (κ2) is 6.12. The summed E-state index contributed by atoms with van der Waals surface area (Å²) in [5.74, 6) is 0. The highest BCUT2D eigenvalue weighted by atomic mass is 35.5. The van der Waals surface area contributed by atoms with E-state index in [4.69, 9.17) is 11.6 Å². The molecule has 1 N–H and O–H groups in total. The lowest BCUT2D eigenvalue weighted by molar-refractivity contribution is 0.725. The molecule has 0 aromatic heterocycles. The lowest BCUT2D eigenvalue weighted by atomic mass is 10.1. The highest BCUT2D eigenvalue weighted by molar-refractivity contribution is 6.33. The van der Waals surface area contributed by atoms with E-state index in [1.54, 1.807) is 0 Å². The molecule has 0 saturated heterocycles. The standard InChI is InChI=1S/C13H21ClN2/c1-5-15-9-11-6-7-13(12(14)8-11)16(4)10(2)3/h6-8,10,15H,5,9H2,1-4H3. The molecule has 1 aromatic carbocycles. The Bertz CT molecular complexity index is 337. The molecular formula is C13H21ClN2. The average Bonchev–Trinajstić information content (AvgIpc) is 2.25. The van der Waals surface area contributed by atoms with Gasteiger partial charge in [-0.05, 0) is 38.1 Å². The number of nitrogens with zero attached hydrogens (tertiary/aromatic N) is 1. The van der Waals surface area contributed by atoms with Gasteiger partial charge in [0, 0.05) is 19.6 Å². The Kier molecular flexibility index (Phi) is 5.10. The van der Waals surface area contributed by atoms with E-state index in [-0.39, 0.29) is 0 Å². The summed E-state index contributed by atoms with van der Waals surface area (Å²) >= 11 is 6.28. The second-order valence-electron chi connectivity index (χ2n) is 4.27. The number of anilines is 1. The predicted molar refractivity (Wildman–Crippen MR) is 72.4 cm³/mol. The lowest BCUT2D eigenvalue weighted by Crippen LogP contribution is -2.25. The Hall–Kier alpha value is -0.730. The zero-order valence-corrected chi connectivity index (χ0v) is 11.3. The van der Waals surface area contributed by atoms with Crippen molar-refractivity contribution in [2.24, 2.45) is 0 Å². The highest BCUT2D eigenvalue weighted by Gasteiger charge is 2.09. The van der Waals surface area contributed by atoms with Crippen LogP contribution in [-0.2, 0) is 6.54 Å². The van der Waals surface area contributed by atoms with Crippen LogP contribution < -0.4 is 10.2 Å². The molecule has 0 aliphatic heterocycles. The van der Waals surface area contributed by atoms with Crippen molar-refractivity contribution in [3.8, 4) is 0 Å². The third-order valence-electron chi connectivity index (χ3n) is 2.75. The van der Waals surface area contributed by atoms with E-state index in [2.05, 4.69) is 50.2 Å². The number of halogens is 1. The van der Waals surface area contributed by atoms with E-state index < -0.39 is 0 Å². The number of nitrogens with one attached hydrogen (secondary N) is 1. The fourth-order valence-electron chi connectivity index (χ4n) is 1.49. The smallest absolute Gasteiger partial charge is 0.0642 e. The molecule has 0 radical (unpaired) electrons. The minimum Gasteiger partial charge on any atom is -0.371 e. The van der Waals surface area contributed by atoms with Crippen LogP contribution in [-0.4, -0.2) is 19.6 Å². The van der Waals surface area contributed by atoms with Crippen molar-refractivity contribution < 1.29 is 0 Å². The van der Waals surface area contributed by atoms with E-state index in [0.717, 1.165) is 23.8 Å². The monoisotopic (exact) mass is 240 g/mol. The third-order valence-corrected chi connectivity index (χ3v) is 3.05. The molecule has 0 aliphatic rings. The number of rotatable bonds is 5. The zero-order chi connectivity index (χ0) is 12.1. The van der Waals surface area contributed by atoms with Crippen molar-refractivity contribution >= 4 is 17.3 Å². The molecule has 0 bridgehead atoms. The summed E-state index contributed by atoms with van der Waals surface area (Å²) in [6, 6.07) is 6.72. The molecule has 0 heterocycles. The van der Waals surface area contributed by atoms with Gasteiger partial charge in [0.25, 0.3) is 0 Å². The Morgan fingerprint density at radius 1 is 1.38 bits per heavy atom. The van der Waals surface area contributed by atoms with E-state index >= 15 is 0 Å². The molecule has 0 atom stereocenters. The maximum Gasteiger partial charge on any atom is 0.0642 e. The molecule has 0 amide bonds. The van der Waals surface area contributed by atoms with Crippen LogP contribution >= 0.6 is 11.6 Å². The SMILES string of the molecule is CCNCc1ccc(N(C)C(C)C)c(Cl)c1. The van der Waals surface area contributed by atoms with Crippen LogP contribution in [0, 0.1) is 0 Å². The molecule has 3 heteroatoms. The van der Waals surface area contributed by atoms with Gasteiger partial charge in [-0.15, -0.1) is 0 Å². The van der Waals surface area contributed by atoms with Crippen LogP contribution in [0.5, 0.6) is 0 Å². The van der Waals surface area contributed by atoms with Gasteiger partial charge in [0.2, 0.25) is 0 Å². The van der Waals surface area contributed by atoms with Crippen LogP contribution in [0.3, 0.4) is 0 Å². The molecule has 16 heavy (non-hydrogen) atoms. The van der Waals surface area contributed by atoms with Crippen molar-refractivity contribution in [2.75, 3.05) is 18.5 Å². The number of benzene rings is 1. The molecule has 2 nitrogen and oxygen atoms in total. The van der Waals surface area contributed by atoms with Gasteiger partial charge in [0.1, 0.15) is 0 Å². The molecule has 1 aromatic rings. The van der Waals surface area contributed by atoms with Crippen molar-refractivity contribution in [3.63, 3.8) is 0 Å². The van der Waals surface area contributed by atoms with Crippen molar-refractivity contribution in [1.29, 1.82) is 0 Å². The van der Waals surface area contributed by atoms with E-state index in [0.29, 0.717) is 6.04 Å². The largest absolute Gasteiger partial charge is 0.371 e. The summed E-state index contributed by atoms with van der Waals surface area (Å²) in [5.41, 5.74) is 2.32. The predicted octanol–water partition coefficient (Wildman–Crippen LogP) is 3.29. The average molecular weight is 241 g/mol. The summed E-state index contributed by atoms with van der Waals surface area (Å²) in [6.07, 6.45) is 0. The van der Waals surface area contributed by atoms with Crippen LogP contribution in [0.15, 0.2) is 18.2 Å². The van der Waals surface area contributed by atoms with Gasteiger partial charge >= 0.3 is 0 Å². The Balaban J connectivity index is 2.82. The number of hydrogen-bond acceptors (Lipinski definition) is 2. The molecule has 0 unspecified atom stereocenters. The van der Waals surface area contributed by atoms with E-state index in [1.165, 1.54) is 5.56 Å². The van der Waals surface area contributed by atoms with Gasteiger partial charge in [-0.25, -0.2) is 0 Å². The maximum absolute atomic E-state index is 6.28. The van der Waals surface area contributed by atoms with Crippen molar-refractivity contribution in [3.05, 3.63) is 28.8 Å². The van der Waals surface area contributed by atoms with Gasteiger partial charge in [-0.3, -0.25) is 0 Å². The summed E-state index contributed by atoms with van der Waals surface area (Å²) < 4.78 is 0. The summed E-state index contributed by atoms with van der Waals surface area (Å²) in [7, 11) is 2.07. The van der Waals surface area contributed by atoms with Gasteiger partial charge < -0.3 is 10.2 Å². The first-order valence-corrected chi connectivity index (χ1v) is 6.16. The van der Waals surface area contributed by atoms with E-state index in [9.17, 15) is 0 Å². The normalized spacial score (nSPS) is 10.9. The molecule has 1 rings (SSSR count). The minimum absolute atomic E-state index is 0.456. The maximum atomic E-state index is 6.28. The van der Waals surface area contributed by atoms with Gasteiger partial charge in [-0.2, -0.15) is 0 Å². The fraction of sp³-hybridized carbons (Fsp3) is 0.538. The van der Waals surface area contributed by atoms with Gasteiger partial charge in [0.05, 0.1) is 10.7 Å². The molecule has 0 spiro atoms. The topological polar surface area (TPSA) is 15.3 Å². The first-order chi connectivity index (χ1) is 7.56. The van der Waals surface area contributed by atoms with Crippen LogP contribution in [0.2, 0.25) is 5.02 Å². The first-order valence-electron chi connectivity index (χ1n) is 5.78. The molecular weight excluding hydrogens is 220 g/mol. The van der Waals surface area contributed by atoms with Crippen LogP contribution in [0.4, 0.5) is 5.69 Å². The minimum atomic E-state index is 0.456. The zero-order valence-electron chi connectivity index (χ0n) is 10.5. The fourth-order valence-corrected chi connectivity index (χ4v) is 1.83. The quantitative estimate of drug-likeness (QED) is 0.850. The summed E-state index contributed by atoms with van der Waals surface area (Å²) in [5, 5.41) is 4.12. The van der Waals surface area contributed by atoms with E-state index in [1.807, 2.05) is 6.07 Å². The van der Waals surface area contributed by atoms with Crippen LogP contribution in [0.1, 0.15) is 26.3 Å². The molecule has 0 aliphatic carbocycles. The van der Waals surface area contributed by atoms with Gasteiger partial charge in [-0.1, -0.05) is 24.6 Å². The lowest BCUT2D eigenvalue weighted by Gasteiger charge is -2.25. The Morgan fingerprint density at radius 2 is 2.06 bits per heavy atom. The van der Waals surface area contributed by atoms with Crippen molar-refractivity contribution in [2.45, 2.75) is 33.4 Å². The Labute approximate surface area is 104 Å². The van der Waals surface area contributed by atoms with Crippen molar-refractivity contribution in [1.82, 2.24) is 5.32 Å². The molecule has 0 saturated carbocycles. The van der Waals surface area contributed by atoms with Crippen LogP contribution in [0.25, 0.3) is 0 Å². The molecule has 90 valence electrons. The second-order valence-corrected chi connectivity index (χ2v) is 4.68. The highest BCUT2D eigenvalue weighted by Crippen LogP contribution is 2.27. The first kappa shape index (κ1) is 13.3. The summed E-state index contributed by atoms with van der Waals surface area (Å²) in [4.78, 5) is 2.18. The Morgan fingerprint density at radius 3 is 2.56 bits per heavy atom. The van der Waals surface area contributed by atoms with Gasteiger partial charge in [0.15, 0.2) is 0 Å². The third kappa shape index (κ3) is 3.39. The number of hydrogen-bond donors (Lipinski definition) is 1.